The maximum absolute atomic E-state index is 15.1. The molecular weight excluding hydrogens is 449 g/mol. The third-order valence-electron chi connectivity index (χ3n) is 6.63. The van der Waals surface area contributed by atoms with E-state index >= 15 is 4.39 Å². The average molecular weight is 478 g/mol. The third-order valence-corrected chi connectivity index (χ3v) is 6.63. The SMILES string of the molecule is CC(=O)NC[C@H]1CN(c2ccc(N3CCC(n4cc(-c5ccccc5C)cn4)C3)c(F)c2)C(=O)O1. The minimum atomic E-state index is -0.545. The highest BCUT2D eigenvalue weighted by molar-refractivity contribution is 5.90. The number of halogens is 1. The minimum Gasteiger partial charge on any atom is -0.442 e. The fourth-order valence-corrected chi connectivity index (χ4v) is 4.77. The minimum absolute atomic E-state index is 0.148. The van der Waals surface area contributed by atoms with Crippen LogP contribution in [0.3, 0.4) is 0 Å². The van der Waals surface area contributed by atoms with Crippen molar-refractivity contribution in [3.05, 3.63) is 66.2 Å². The molecule has 0 spiro atoms. The number of carbonyl (C=O) groups is 2. The number of cyclic esters (lactones) is 1. The molecule has 0 radical (unpaired) electrons. The Balaban J connectivity index is 1.25. The second-order valence-electron chi connectivity index (χ2n) is 9.10. The number of hydrogen-bond acceptors (Lipinski definition) is 5. The van der Waals surface area contributed by atoms with Crippen molar-refractivity contribution in [2.24, 2.45) is 0 Å². The van der Waals surface area contributed by atoms with Gasteiger partial charge in [-0.3, -0.25) is 14.4 Å². The van der Waals surface area contributed by atoms with Crippen LogP contribution in [0.2, 0.25) is 0 Å². The Morgan fingerprint density at radius 3 is 2.83 bits per heavy atom. The van der Waals surface area contributed by atoms with Crippen LogP contribution in [-0.2, 0) is 9.53 Å². The summed E-state index contributed by atoms with van der Waals surface area (Å²) >= 11 is 0. The maximum Gasteiger partial charge on any atom is 0.414 e. The number of hydrogen-bond donors (Lipinski definition) is 1. The molecule has 1 unspecified atom stereocenters. The highest BCUT2D eigenvalue weighted by Crippen LogP contribution is 2.33. The van der Waals surface area contributed by atoms with Gasteiger partial charge in [0.15, 0.2) is 0 Å². The molecule has 3 heterocycles. The second kappa shape index (κ2) is 9.40. The maximum atomic E-state index is 15.1. The standard InChI is InChI=1S/C26H28FN5O3/c1-17-5-3-4-6-23(17)19-12-29-32(14-19)21-9-10-30(15-21)25-8-7-20(11-24(25)27)31-16-22(35-26(31)34)13-28-18(2)33/h3-8,11-12,14,21-22H,9-10,13,15-16H2,1-2H3,(H,28,33)/t21?,22-/m0/s1. The fraction of sp³-hybridized carbons (Fsp3) is 0.346. The molecule has 9 heteroatoms. The Kier molecular flexibility index (Phi) is 6.15. The van der Waals surface area contributed by atoms with Crippen LogP contribution in [0.1, 0.15) is 24.9 Å². The molecule has 2 fully saturated rings. The van der Waals surface area contributed by atoms with Crippen molar-refractivity contribution in [2.45, 2.75) is 32.4 Å². The summed E-state index contributed by atoms with van der Waals surface area (Å²) in [5, 5.41) is 7.22. The van der Waals surface area contributed by atoms with Gasteiger partial charge in [-0.1, -0.05) is 24.3 Å². The summed E-state index contributed by atoms with van der Waals surface area (Å²) in [6.07, 6.45) is 3.80. The van der Waals surface area contributed by atoms with E-state index in [0.717, 1.165) is 17.5 Å². The number of nitrogens with one attached hydrogen (secondary N) is 1. The smallest absolute Gasteiger partial charge is 0.414 e. The van der Waals surface area contributed by atoms with E-state index in [-0.39, 0.29) is 30.9 Å². The molecule has 35 heavy (non-hydrogen) atoms. The lowest BCUT2D eigenvalue weighted by atomic mass is 10.0. The number of anilines is 2. The molecule has 2 atom stereocenters. The van der Waals surface area contributed by atoms with Crippen molar-refractivity contribution in [1.29, 1.82) is 0 Å². The first-order valence-corrected chi connectivity index (χ1v) is 11.8. The Labute approximate surface area is 203 Å². The molecule has 2 saturated heterocycles. The Morgan fingerprint density at radius 1 is 1.23 bits per heavy atom. The van der Waals surface area contributed by atoms with Gasteiger partial charge >= 0.3 is 6.09 Å². The molecule has 2 aliphatic heterocycles. The van der Waals surface area contributed by atoms with E-state index in [9.17, 15) is 9.59 Å². The van der Waals surface area contributed by atoms with E-state index in [1.54, 1.807) is 12.1 Å². The van der Waals surface area contributed by atoms with Crippen LogP contribution in [0.4, 0.5) is 20.6 Å². The summed E-state index contributed by atoms with van der Waals surface area (Å²) in [4.78, 5) is 26.8. The normalized spacial score (nSPS) is 19.8. The average Bonchev–Trinajstić information content (AvgIpc) is 3.57. The molecule has 5 rings (SSSR count). The molecular formula is C26H28FN5O3. The van der Waals surface area contributed by atoms with Crippen LogP contribution in [0, 0.1) is 12.7 Å². The zero-order valence-electron chi connectivity index (χ0n) is 19.8. The number of benzene rings is 2. The molecule has 2 aliphatic rings. The summed E-state index contributed by atoms with van der Waals surface area (Å²) < 4.78 is 22.4. The van der Waals surface area contributed by atoms with Crippen LogP contribution in [0.25, 0.3) is 11.1 Å². The van der Waals surface area contributed by atoms with Gasteiger partial charge in [0.25, 0.3) is 0 Å². The number of ether oxygens (including phenoxy) is 1. The summed E-state index contributed by atoms with van der Waals surface area (Å²) in [6.45, 7) is 5.34. The first-order chi connectivity index (χ1) is 16.9. The van der Waals surface area contributed by atoms with Crippen LogP contribution >= 0.6 is 0 Å². The molecule has 3 aromatic rings. The van der Waals surface area contributed by atoms with Crippen molar-refractivity contribution in [3.63, 3.8) is 0 Å². The van der Waals surface area contributed by atoms with Gasteiger partial charge < -0.3 is 15.0 Å². The third kappa shape index (κ3) is 4.71. The largest absolute Gasteiger partial charge is 0.442 e. The van der Waals surface area contributed by atoms with E-state index < -0.39 is 12.2 Å². The van der Waals surface area contributed by atoms with Gasteiger partial charge in [0.05, 0.1) is 36.7 Å². The van der Waals surface area contributed by atoms with E-state index in [1.807, 2.05) is 27.9 Å². The van der Waals surface area contributed by atoms with E-state index in [1.165, 1.54) is 23.5 Å². The lowest BCUT2D eigenvalue weighted by molar-refractivity contribution is -0.119. The van der Waals surface area contributed by atoms with Gasteiger partial charge in [-0.15, -0.1) is 0 Å². The first-order valence-electron chi connectivity index (χ1n) is 11.8. The Hall–Kier alpha value is -3.88. The summed E-state index contributed by atoms with van der Waals surface area (Å²) in [5.41, 5.74) is 4.38. The molecule has 0 aliphatic carbocycles. The highest BCUT2D eigenvalue weighted by atomic mass is 19.1. The second-order valence-corrected chi connectivity index (χ2v) is 9.10. The summed E-state index contributed by atoms with van der Waals surface area (Å²) in [7, 11) is 0. The number of aryl methyl sites for hydroxylation is 1. The Bertz CT molecular complexity index is 1260. The van der Waals surface area contributed by atoms with E-state index in [2.05, 4.69) is 35.7 Å². The van der Waals surface area contributed by atoms with Crippen molar-refractivity contribution in [3.8, 4) is 11.1 Å². The number of nitrogens with zero attached hydrogens (tertiary/aromatic N) is 4. The van der Waals surface area contributed by atoms with Crippen molar-refractivity contribution >= 4 is 23.4 Å². The highest BCUT2D eigenvalue weighted by Gasteiger charge is 2.33. The summed E-state index contributed by atoms with van der Waals surface area (Å²) in [6, 6.07) is 13.2. The molecule has 1 N–H and O–H groups in total. The van der Waals surface area contributed by atoms with Gasteiger partial charge in [-0.05, 0) is 42.7 Å². The van der Waals surface area contributed by atoms with Crippen LogP contribution in [-0.4, -0.2) is 54.1 Å². The molecule has 8 nitrogen and oxygen atoms in total. The zero-order valence-corrected chi connectivity index (χ0v) is 19.8. The lowest BCUT2D eigenvalue weighted by Crippen LogP contribution is -2.33. The number of carbonyl (C=O) groups excluding carboxylic acids is 2. The molecule has 0 saturated carbocycles. The first kappa shape index (κ1) is 22.9. The van der Waals surface area contributed by atoms with Crippen LogP contribution < -0.4 is 15.1 Å². The molecule has 2 amide bonds. The monoisotopic (exact) mass is 477 g/mol. The quantitative estimate of drug-likeness (QED) is 0.582. The van der Waals surface area contributed by atoms with Gasteiger partial charge in [0.1, 0.15) is 11.9 Å². The molecule has 1 aromatic heterocycles. The fourth-order valence-electron chi connectivity index (χ4n) is 4.77. The van der Waals surface area contributed by atoms with Crippen molar-refractivity contribution in [1.82, 2.24) is 15.1 Å². The van der Waals surface area contributed by atoms with Gasteiger partial charge in [0.2, 0.25) is 5.91 Å². The summed E-state index contributed by atoms with van der Waals surface area (Å²) in [5.74, 6) is -0.581. The van der Waals surface area contributed by atoms with Gasteiger partial charge in [0, 0.05) is 31.8 Å². The molecule has 2 aromatic carbocycles. The van der Waals surface area contributed by atoms with Gasteiger partial charge in [-0.2, -0.15) is 5.10 Å². The number of rotatable bonds is 6. The van der Waals surface area contributed by atoms with Crippen molar-refractivity contribution < 1.29 is 18.7 Å². The number of aromatic nitrogens is 2. The lowest BCUT2D eigenvalue weighted by Gasteiger charge is -2.21. The van der Waals surface area contributed by atoms with Crippen LogP contribution in [0.5, 0.6) is 0 Å². The predicted octanol–water partition coefficient (Wildman–Crippen LogP) is 3.91. The van der Waals surface area contributed by atoms with E-state index in [4.69, 9.17) is 4.74 Å². The van der Waals surface area contributed by atoms with Crippen molar-refractivity contribution in [2.75, 3.05) is 36.0 Å². The van der Waals surface area contributed by atoms with Gasteiger partial charge in [-0.25, -0.2) is 9.18 Å². The van der Waals surface area contributed by atoms with Crippen LogP contribution in [0.15, 0.2) is 54.9 Å². The number of amides is 2. The Morgan fingerprint density at radius 2 is 2.06 bits per heavy atom. The molecule has 0 bridgehead atoms. The molecule has 182 valence electrons. The topological polar surface area (TPSA) is 79.7 Å². The zero-order chi connectivity index (χ0) is 24.5. The predicted molar refractivity (Wildman–Crippen MR) is 131 cm³/mol. The van der Waals surface area contributed by atoms with E-state index in [0.29, 0.717) is 24.5 Å².